The second kappa shape index (κ2) is 51.7. The lowest BCUT2D eigenvalue weighted by molar-refractivity contribution is -0.167. The standard InChI is InChI=1S/C57H100O6/c1-4-7-10-13-16-19-22-25-27-28-30-33-36-39-42-45-48-51-57(60)63-54(52-61-55(58)49-46-43-40-37-34-31-24-21-18-15-12-9-6-3)53-62-56(59)50-47-44-41-38-35-32-29-26-23-20-17-14-11-8-5-2/h17,20,25-27,29-30,33,39,42,54H,4-16,18-19,21-24,28,31-32,34-38,40-41,43-53H2,1-3H3/b20-17-,27-25-,29-26-,33-30-,42-39-/t54-/m0/s1. The van der Waals surface area contributed by atoms with E-state index in [1.54, 1.807) is 0 Å². The zero-order chi connectivity index (χ0) is 45.8. The van der Waals surface area contributed by atoms with Crippen LogP contribution in [0.4, 0.5) is 0 Å². The minimum atomic E-state index is -0.804. The van der Waals surface area contributed by atoms with E-state index in [1.165, 1.54) is 135 Å². The minimum absolute atomic E-state index is 0.0968. The molecule has 0 saturated heterocycles. The van der Waals surface area contributed by atoms with Gasteiger partial charge in [0.25, 0.3) is 0 Å². The lowest BCUT2D eigenvalue weighted by atomic mass is 10.0. The number of allylic oxidation sites excluding steroid dienone is 10. The van der Waals surface area contributed by atoms with Gasteiger partial charge in [0, 0.05) is 19.3 Å². The summed E-state index contributed by atoms with van der Waals surface area (Å²) >= 11 is 0. The van der Waals surface area contributed by atoms with Gasteiger partial charge in [-0.05, 0) is 83.5 Å². The Morgan fingerprint density at radius 2 is 0.587 bits per heavy atom. The number of ether oxygens (including phenoxy) is 3. The van der Waals surface area contributed by atoms with Gasteiger partial charge in [0.2, 0.25) is 0 Å². The van der Waals surface area contributed by atoms with Crippen molar-refractivity contribution < 1.29 is 28.6 Å². The van der Waals surface area contributed by atoms with Crippen LogP contribution in [0.3, 0.4) is 0 Å². The van der Waals surface area contributed by atoms with Crippen LogP contribution in [0, 0.1) is 0 Å². The van der Waals surface area contributed by atoms with E-state index in [9.17, 15) is 14.4 Å². The number of carbonyl (C=O) groups excluding carboxylic acids is 3. The number of unbranched alkanes of at least 4 members (excludes halogenated alkanes) is 27. The molecule has 0 aliphatic rings. The molecular weight excluding hydrogens is 781 g/mol. The lowest BCUT2D eigenvalue weighted by Crippen LogP contribution is -2.30. The minimum Gasteiger partial charge on any atom is -0.462 e. The van der Waals surface area contributed by atoms with Crippen molar-refractivity contribution in [3.63, 3.8) is 0 Å². The van der Waals surface area contributed by atoms with Crippen LogP contribution in [0.1, 0.15) is 265 Å². The van der Waals surface area contributed by atoms with E-state index in [2.05, 4.69) is 81.5 Å². The monoisotopic (exact) mass is 881 g/mol. The van der Waals surface area contributed by atoms with Crippen molar-refractivity contribution >= 4 is 17.9 Å². The van der Waals surface area contributed by atoms with Crippen molar-refractivity contribution in [1.29, 1.82) is 0 Å². The predicted molar refractivity (Wildman–Crippen MR) is 270 cm³/mol. The van der Waals surface area contributed by atoms with Crippen LogP contribution >= 0.6 is 0 Å². The SMILES string of the molecule is CCCCC/C=C\C/C=C\CCCCCCCC(=O)OC[C@H](COC(=O)CCCCCCCCCCCCCCC)OC(=O)CCC/C=C\C/C=C\C/C=C\CCCCCCCC. The molecule has 6 heteroatoms. The van der Waals surface area contributed by atoms with E-state index in [1.807, 2.05) is 0 Å². The first-order valence-electron chi connectivity index (χ1n) is 26.8. The van der Waals surface area contributed by atoms with E-state index in [4.69, 9.17) is 14.2 Å². The third-order valence-electron chi connectivity index (χ3n) is 11.5. The van der Waals surface area contributed by atoms with Crippen LogP contribution in [0.5, 0.6) is 0 Å². The first kappa shape index (κ1) is 60.1. The van der Waals surface area contributed by atoms with Gasteiger partial charge in [-0.1, -0.05) is 223 Å². The van der Waals surface area contributed by atoms with Crippen LogP contribution < -0.4 is 0 Å². The highest BCUT2D eigenvalue weighted by Crippen LogP contribution is 2.15. The molecule has 0 unspecified atom stereocenters. The Labute approximate surface area is 390 Å². The van der Waals surface area contributed by atoms with Crippen LogP contribution in [0.15, 0.2) is 60.8 Å². The average Bonchev–Trinajstić information content (AvgIpc) is 3.28. The molecule has 0 saturated carbocycles. The smallest absolute Gasteiger partial charge is 0.306 e. The van der Waals surface area contributed by atoms with Gasteiger partial charge in [-0.3, -0.25) is 14.4 Å². The molecule has 1 atom stereocenters. The number of esters is 3. The Hall–Kier alpha value is -2.89. The van der Waals surface area contributed by atoms with E-state index in [-0.39, 0.29) is 37.5 Å². The van der Waals surface area contributed by atoms with E-state index in [0.29, 0.717) is 19.3 Å². The first-order chi connectivity index (χ1) is 31.0. The van der Waals surface area contributed by atoms with E-state index in [0.717, 1.165) is 83.5 Å². The van der Waals surface area contributed by atoms with Crippen molar-refractivity contribution in [3.8, 4) is 0 Å². The summed E-state index contributed by atoms with van der Waals surface area (Å²) in [5.41, 5.74) is 0. The summed E-state index contributed by atoms with van der Waals surface area (Å²) < 4.78 is 16.8. The van der Waals surface area contributed by atoms with Crippen molar-refractivity contribution in [2.24, 2.45) is 0 Å². The fourth-order valence-corrected chi connectivity index (χ4v) is 7.43. The van der Waals surface area contributed by atoms with Gasteiger partial charge in [0.05, 0.1) is 0 Å². The summed E-state index contributed by atoms with van der Waals surface area (Å²) in [6.07, 6.45) is 63.5. The zero-order valence-corrected chi connectivity index (χ0v) is 41.6. The topological polar surface area (TPSA) is 78.9 Å². The molecule has 364 valence electrons. The Bertz CT molecular complexity index is 1150. The van der Waals surface area contributed by atoms with Crippen LogP contribution in [-0.2, 0) is 28.6 Å². The number of hydrogen-bond donors (Lipinski definition) is 0. The van der Waals surface area contributed by atoms with Crippen LogP contribution in [0.2, 0.25) is 0 Å². The van der Waals surface area contributed by atoms with Gasteiger partial charge < -0.3 is 14.2 Å². The predicted octanol–water partition coefficient (Wildman–Crippen LogP) is 17.6. The first-order valence-corrected chi connectivity index (χ1v) is 26.8. The zero-order valence-electron chi connectivity index (χ0n) is 41.6. The average molecular weight is 881 g/mol. The fourth-order valence-electron chi connectivity index (χ4n) is 7.43. The molecule has 0 fully saturated rings. The summed E-state index contributed by atoms with van der Waals surface area (Å²) in [4.78, 5) is 38.0. The second-order valence-electron chi connectivity index (χ2n) is 17.8. The Morgan fingerprint density at radius 1 is 0.317 bits per heavy atom. The molecule has 0 aliphatic carbocycles. The van der Waals surface area contributed by atoms with Crippen molar-refractivity contribution in [2.75, 3.05) is 13.2 Å². The molecule has 0 amide bonds. The summed E-state index contributed by atoms with van der Waals surface area (Å²) in [5, 5.41) is 0. The van der Waals surface area contributed by atoms with Gasteiger partial charge in [0.15, 0.2) is 6.10 Å². The van der Waals surface area contributed by atoms with Gasteiger partial charge >= 0.3 is 17.9 Å². The molecule has 0 rings (SSSR count). The Morgan fingerprint density at radius 3 is 0.968 bits per heavy atom. The fraction of sp³-hybridized carbons (Fsp3) is 0.772. The Balaban J connectivity index is 4.47. The van der Waals surface area contributed by atoms with Gasteiger partial charge in [-0.25, -0.2) is 0 Å². The van der Waals surface area contributed by atoms with Gasteiger partial charge in [-0.2, -0.15) is 0 Å². The third-order valence-corrected chi connectivity index (χ3v) is 11.5. The number of hydrogen-bond acceptors (Lipinski definition) is 6. The van der Waals surface area contributed by atoms with E-state index < -0.39 is 6.10 Å². The summed E-state index contributed by atoms with van der Waals surface area (Å²) in [7, 11) is 0. The van der Waals surface area contributed by atoms with Crippen molar-refractivity contribution in [1.82, 2.24) is 0 Å². The molecular formula is C57H100O6. The molecule has 0 N–H and O–H groups in total. The number of carbonyl (C=O) groups is 3. The summed E-state index contributed by atoms with van der Waals surface area (Å²) in [5.74, 6) is -0.958. The summed E-state index contributed by atoms with van der Waals surface area (Å²) in [6.45, 7) is 6.56. The molecule has 0 aromatic carbocycles. The molecule has 0 spiro atoms. The molecule has 0 bridgehead atoms. The maximum absolute atomic E-state index is 12.8. The van der Waals surface area contributed by atoms with Crippen LogP contribution in [0.25, 0.3) is 0 Å². The largest absolute Gasteiger partial charge is 0.462 e. The molecule has 0 aromatic heterocycles. The third kappa shape index (κ3) is 50.0. The highest BCUT2D eigenvalue weighted by molar-refractivity contribution is 5.71. The van der Waals surface area contributed by atoms with Crippen molar-refractivity contribution in [3.05, 3.63) is 60.8 Å². The summed E-state index contributed by atoms with van der Waals surface area (Å²) in [6, 6.07) is 0. The van der Waals surface area contributed by atoms with Crippen molar-refractivity contribution in [2.45, 2.75) is 271 Å². The Kier molecular flexibility index (Phi) is 49.4. The highest BCUT2D eigenvalue weighted by Gasteiger charge is 2.19. The van der Waals surface area contributed by atoms with Gasteiger partial charge in [-0.15, -0.1) is 0 Å². The highest BCUT2D eigenvalue weighted by atomic mass is 16.6. The lowest BCUT2D eigenvalue weighted by Gasteiger charge is -2.18. The molecule has 63 heavy (non-hydrogen) atoms. The quantitative estimate of drug-likeness (QED) is 0.0262. The maximum Gasteiger partial charge on any atom is 0.306 e. The van der Waals surface area contributed by atoms with Gasteiger partial charge in [0.1, 0.15) is 13.2 Å². The molecule has 0 heterocycles. The maximum atomic E-state index is 12.8. The second-order valence-corrected chi connectivity index (χ2v) is 17.8. The normalized spacial score (nSPS) is 12.5. The molecule has 0 radical (unpaired) electrons. The van der Waals surface area contributed by atoms with Crippen LogP contribution in [-0.4, -0.2) is 37.2 Å². The molecule has 6 nitrogen and oxygen atoms in total. The molecule has 0 aromatic rings. The molecule has 0 aliphatic heterocycles. The number of rotatable bonds is 48. The van der Waals surface area contributed by atoms with E-state index >= 15 is 0 Å².